The summed E-state index contributed by atoms with van der Waals surface area (Å²) in [5.74, 6) is -1.23. The summed E-state index contributed by atoms with van der Waals surface area (Å²) in [6, 6.07) is 0. The molecule has 0 bridgehead atoms. The maximum atomic E-state index is 11.4. The van der Waals surface area contributed by atoms with Crippen molar-refractivity contribution in [3.8, 4) is 0 Å². The monoisotopic (exact) mass is 214 g/mol. The standard InChI is InChI=1S/C9H14N2O4/c1-6(15-2)5-11-8(12)4-3-7(10-11)9(13)14/h6H,3-5H2,1-2H3,(H,13,14). The normalized spacial score (nSPS) is 18.7. The van der Waals surface area contributed by atoms with Gasteiger partial charge in [-0.2, -0.15) is 5.10 Å². The molecule has 0 aliphatic carbocycles. The predicted molar refractivity (Wildman–Crippen MR) is 52.5 cm³/mol. The number of carbonyl (C=O) groups excluding carboxylic acids is 1. The number of carboxylic acid groups (broad SMARTS) is 1. The van der Waals surface area contributed by atoms with Gasteiger partial charge < -0.3 is 9.84 Å². The molecule has 0 aromatic heterocycles. The van der Waals surface area contributed by atoms with Gasteiger partial charge in [0.05, 0.1) is 12.6 Å². The second kappa shape index (κ2) is 4.88. The molecule has 0 fully saturated rings. The molecular weight excluding hydrogens is 200 g/mol. The van der Waals surface area contributed by atoms with Crippen molar-refractivity contribution in [2.45, 2.75) is 25.9 Å². The molecule has 1 amide bonds. The highest BCUT2D eigenvalue weighted by Crippen LogP contribution is 2.10. The van der Waals surface area contributed by atoms with Gasteiger partial charge in [0.2, 0.25) is 5.91 Å². The smallest absolute Gasteiger partial charge is 0.352 e. The first-order chi connectivity index (χ1) is 7.04. The summed E-state index contributed by atoms with van der Waals surface area (Å²) in [6.07, 6.45) is 0.235. The van der Waals surface area contributed by atoms with Gasteiger partial charge in [0.15, 0.2) is 0 Å². The second-order valence-corrected chi connectivity index (χ2v) is 3.37. The fourth-order valence-corrected chi connectivity index (χ4v) is 1.22. The Morgan fingerprint density at radius 2 is 2.33 bits per heavy atom. The maximum Gasteiger partial charge on any atom is 0.352 e. The Labute approximate surface area is 87.5 Å². The van der Waals surface area contributed by atoms with Crippen LogP contribution in [0.25, 0.3) is 0 Å². The lowest BCUT2D eigenvalue weighted by molar-refractivity contribution is -0.134. The van der Waals surface area contributed by atoms with Crippen molar-refractivity contribution in [2.75, 3.05) is 13.7 Å². The molecule has 0 radical (unpaired) electrons. The zero-order valence-corrected chi connectivity index (χ0v) is 8.77. The molecule has 0 saturated carbocycles. The molecule has 1 aliphatic rings. The first kappa shape index (κ1) is 11.6. The van der Waals surface area contributed by atoms with Gasteiger partial charge in [0.1, 0.15) is 5.71 Å². The Morgan fingerprint density at radius 1 is 1.67 bits per heavy atom. The minimum Gasteiger partial charge on any atom is -0.477 e. The van der Waals surface area contributed by atoms with Gasteiger partial charge in [-0.3, -0.25) is 4.79 Å². The zero-order valence-electron chi connectivity index (χ0n) is 8.77. The number of hydrogen-bond donors (Lipinski definition) is 1. The quantitative estimate of drug-likeness (QED) is 0.719. The van der Waals surface area contributed by atoms with Crippen LogP contribution < -0.4 is 0 Å². The van der Waals surface area contributed by atoms with E-state index in [1.807, 2.05) is 0 Å². The van der Waals surface area contributed by atoms with Crippen molar-refractivity contribution in [3.63, 3.8) is 0 Å². The third kappa shape index (κ3) is 3.02. The Hall–Kier alpha value is -1.43. The first-order valence-electron chi connectivity index (χ1n) is 4.68. The number of hydrogen-bond acceptors (Lipinski definition) is 4. The van der Waals surface area contributed by atoms with E-state index in [2.05, 4.69) is 5.10 Å². The van der Waals surface area contributed by atoms with E-state index in [-0.39, 0.29) is 37.1 Å². The maximum absolute atomic E-state index is 11.4. The van der Waals surface area contributed by atoms with E-state index < -0.39 is 5.97 Å². The number of hydrazone groups is 1. The average molecular weight is 214 g/mol. The van der Waals surface area contributed by atoms with Gasteiger partial charge in [0.25, 0.3) is 0 Å². The molecule has 1 aliphatic heterocycles. The molecule has 6 heteroatoms. The summed E-state index contributed by atoms with van der Waals surface area (Å²) < 4.78 is 4.99. The lowest BCUT2D eigenvalue weighted by Gasteiger charge is -2.24. The van der Waals surface area contributed by atoms with E-state index >= 15 is 0 Å². The number of nitrogens with zero attached hydrogens (tertiary/aromatic N) is 2. The highest BCUT2D eigenvalue weighted by Gasteiger charge is 2.24. The largest absolute Gasteiger partial charge is 0.477 e. The summed E-state index contributed by atoms with van der Waals surface area (Å²) >= 11 is 0. The van der Waals surface area contributed by atoms with Crippen LogP contribution in [0.5, 0.6) is 0 Å². The summed E-state index contributed by atoms with van der Waals surface area (Å²) in [5.41, 5.74) is 0.0258. The lowest BCUT2D eigenvalue weighted by atomic mass is 10.1. The number of carbonyl (C=O) groups is 2. The minimum absolute atomic E-state index is 0.0258. The van der Waals surface area contributed by atoms with E-state index in [1.165, 1.54) is 12.1 Å². The van der Waals surface area contributed by atoms with Gasteiger partial charge in [-0.25, -0.2) is 9.80 Å². The number of aliphatic carboxylic acids is 1. The molecule has 1 atom stereocenters. The third-order valence-corrected chi connectivity index (χ3v) is 2.18. The van der Waals surface area contributed by atoms with E-state index in [4.69, 9.17) is 9.84 Å². The molecule has 1 N–H and O–H groups in total. The van der Waals surface area contributed by atoms with Crippen molar-refractivity contribution in [3.05, 3.63) is 0 Å². The molecule has 0 aromatic rings. The molecule has 0 saturated heterocycles. The Morgan fingerprint density at radius 3 is 2.87 bits per heavy atom. The number of rotatable bonds is 4. The average Bonchev–Trinajstić information content (AvgIpc) is 2.20. The van der Waals surface area contributed by atoms with Crippen molar-refractivity contribution < 1.29 is 19.4 Å². The summed E-state index contributed by atoms with van der Waals surface area (Å²) in [6.45, 7) is 2.07. The van der Waals surface area contributed by atoms with Crippen LogP contribution in [0.15, 0.2) is 5.10 Å². The number of amides is 1. The zero-order chi connectivity index (χ0) is 11.4. The Kier molecular flexibility index (Phi) is 3.79. The highest BCUT2D eigenvalue weighted by molar-refractivity contribution is 6.36. The second-order valence-electron chi connectivity index (χ2n) is 3.37. The lowest BCUT2D eigenvalue weighted by Crippen LogP contribution is -2.38. The number of ether oxygens (including phenoxy) is 1. The summed E-state index contributed by atoms with van der Waals surface area (Å²) in [7, 11) is 1.53. The van der Waals surface area contributed by atoms with Gasteiger partial charge in [-0.15, -0.1) is 0 Å². The molecule has 1 unspecified atom stereocenters. The van der Waals surface area contributed by atoms with Crippen molar-refractivity contribution in [2.24, 2.45) is 5.10 Å². The Balaban J connectivity index is 2.72. The van der Waals surface area contributed by atoms with Gasteiger partial charge in [0, 0.05) is 20.0 Å². The number of methoxy groups -OCH3 is 1. The molecule has 0 spiro atoms. The van der Waals surface area contributed by atoms with E-state index in [0.29, 0.717) is 0 Å². The van der Waals surface area contributed by atoms with Crippen LogP contribution in [0.3, 0.4) is 0 Å². The minimum atomic E-state index is -1.07. The summed E-state index contributed by atoms with van der Waals surface area (Å²) in [5, 5.41) is 13.7. The molecule has 84 valence electrons. The van der Waals surface area contributed by atoms with Crippen molar-refractivity contribution in [1.29, 1.82) is 0 Å². The van der Waals surface area contributed by atoms with E-state index in [1.54, 1.807) is 6.92 Å². The molecule has 6 nitrogen and oxygen atoms in total. The molecule has 15 heavy (non-hydrogen) atoms. The fourth-order valence-electron chi connectivity index (χ4n) is 1.22. The summed E-state index contributed by atoms with van der Waals surface area (Å²) in [4.78, 5) is 22.0. The Bertz CT molecular complexity index is 300. The van der Waals surface area contributed by atoms with Crippen LogP contribution in [0.4, 0.5) is 0 Å². The van der Waals surface area contributed by atoms with Crippen LogP contribution >= 0.6 is 0 Å². The molecule has 0 aromatic carbocycles. The van der Waals surface area contributed by atoms with Gasteiger partial charge in [-0.05, 0) is 6.92 Å². The SMILES string of the molecule is COC(C)CN1N=C(C(=O)O)CCC1=O. The van der Waals surface area contributed by atoms with Crippen LogP contribution in [-0.2, 0) is 14.3 Å². The highest BCUT2D eigenvalue weighted by atomic mass is 16.5. The van der Waals surface area contributed by atoms with Crippen molar-refractivity contribution >= 4 is 17.6 Å². The van der Waals surface area contributed by atoms with Gasteiger partial charge in [-0.1, -0.05) is 0 Å². The first-order valence-corrected chi connectivity index (χ1v) is 4.68. The van der Waals surface area contributed by atoms with Crippen LogP contribution in [0.2, 0.25) is 0 Å². The third-order valence-electron chi connectivity index (χ3n) is 2.18. The van der Waals surface area contributed by atoms with Crippen LogP contribution in [0, 0.1) is 0 Å². The van der Waals surface area contributed by atoms with E-state index in [0.717, 1.165) is 0 Å². The van der Waals surface area contributed by atoms with E-state index in [9.17, 15) is 9.59 Å². The molecule has 1 rings (SSSR count). The van der Waals surface area contributed by atoms with Crippen LogP contribution in [-0.4, -0.2) is 47.5 Å². The van der Waals surface area contributed by atoms with Gasteiger partial charge >= 0.3 is 5.97 Å². The topological polar surface area (TPSA) is 79.2 Å². The van der Waals surface area contributed by atoms with Crippen LogP contribution in [0.1, 0.15) is 19.8 Å². The molecular formula is C9H14N2O4. The van der Waals surface area contributed by atoms with Crippen molar-refractivity contribution in [1.82, 2.24) is 5.01 Å². The number of carboxylic acids is 1. The fraction of sp³-hybridized carbons (Fsp3) is 0.667. The predicted octanol–water partition coefficient (Wildman–Crippen LogP) is 0.0843. The molecule has 1 heterocycles.